The molecule has 2 aromatic rings. The smallest absolute Gasteiger partial charge is 0.136 e. The van der Waals surface area contributed by atoms with Crippen LogP contribution in [0.5, 0.6) is 11.5 Å². The Bertz CT molecular complexity index is 678. The summed E-state index contributed by atoms with van der Waals surface area (Å²) in [5.41, 5.74) is 2.67. The minimum absolute atomic E-state index is 0.360. The summed E-state index contributed by atoms with van der Waals surface area (Å²) in [6.07, 6.45) is 0. The highest BCUT2D eigenvalue weighted by Crippen LogP contribution is 2.73. The van der Waals surface area contributed by atoms with Crippen LogP contribution in [0, 0.1) is 0 Å². The summed E-state index contributed by atoms with van der Waals surface area (Å²) in [7, 11) is 3.27. The highest BCUT2D eigenvalue weighted by Gasteiger charge is 2.72. The van der Waals surface area contributed by atoms with Crippen LogP contribution >= 0.6 is 0 Å². The molecule has 0 saturated carbocycles. The lowest BCUT2D eigenvalue weighted by Crippen LogP contribution is -2.66. The quantitative estimate of drug-likeness (QED) is 0.909. The summed E-state index contributed by atoms with van der Waals surface area (Å²) >= 11 is 0. The van der Waals surface area contributed by atoms with E-state index in [9.17, 15) is 5.11 Å². The molecule has 20 heavy (non-hydrogen) atoms. The molecule has 2 aliphatic carbocycles. The molecule has 4 rings (SSSR count). The van der Waals surface area contributed by atoms with Crippen molar-refractivity contribution in [2.24, 2.45) is 0 Å². The molecule has 0 spiro atoms. The zero-order chi connectivity index (χ0) is 14.1. The van der Waals surface area contributed by atoms with Gasteiger partial charge in [-0.15, -0.1) is 0 Å². The summed E-state index contributed by atoms with van der Waals surface area (Å²) in [5, 5.41) is 11.3. The molecular weight excluding hydrogens is 252 g/mol. The Morgan fingerprint density at radius 2 is 1.30 bits per heavy atom. The van der Waals surface area contributed by atoms with Gasteiger partial charge in [-0.2, -0.15) is 0 Å². The predicted octanol–water partition coefficient (Wildman–Crippen LogP) is 2.57. The van der Waals surface area contributed by atoms with Crippen LogP contribution in [0.1, 0.15) is 29.2 Å². The van der Waals surface area contributed by atoms with Crippen LogP contribution in [0.15, 0.2) is 36.4 Å². The summed E-state index contributed by atoms with van der Waals surface area (Å²) in [5.74, 6) is 1.47. The van der Waals surface area contributed by atoms with Crippen molar-refractivity contribution in [1.82, 2.24) is 0 Å². The topological polar surface area (TPSA) is 38.7 Å². The molecule has 0 unspecified atom stereocenters. The number of benzene rings is 2. The van der Waals surface area contributed by atoms with E-state index in [1.807, 2.05) is 24.3 Å². The molecule has 102 valence electrons. The number of ether oxygens (including phenoxy) is 2. The number of hydrogen-bond acceptors (Lipinski definition) is 3. The lowest BCUT2D eigenvalue weighted by molar-refractivity contribution is -0.0496. The van der Waals surface area contributed by atoms with Gasteiger partial charge in [-0.25, -0.2) is 0 Å². The largest absolute Gasteiger partial charge is 0.496 e. The minimum atomic E-state index is -1.00. The summed E-state index contributed by atoms with van der Waals surface area (Å²) in [4.78, 5) is 0. The van der Waals surface area contributed by atoms with Gasteiger partial charge in [-0.05, 0) is 30.2 Å². The molecule has 3 heteroatoms. The van der Waals surface area contributed by atoms with Crippen LogP contribution in [0.3, 0.4) is 0 Å². The van der Waals surface area contributed by atoms with Gasteiger partial charge in [-0.3, -0.25) is 0 Å². The van der Waals surface area contributed by atoms with Crippen molar-refractivity contribution in [3.8, 4) is 11.5 Å². The van der Waals surface area contributed by atoms with Crippen LogP contribution in [0.2, 0.25) is 0 Å². The molecule has 3 nitrogen and oxygen atoms in total. The van der Waals surface area contributed by atoms with Gasteiger partial charge in [0.05, 0.1) is 19.6 Å². The standard InChI is InChI=1S/C17H16O3/c1-16-10-6-4-8-12(19-2)14(10)17(16,18)15-11(16)7-5-9-13(15)20-3/h4-9,18H,1-3H3. The van der Waals surface area contributed by atoms with Crippen molar-refractivity contribution in [2.75, 3.05) is 14.2 Å². The molecule has 0 heterocycles. The third-order valence-electron chi connectivity index (χ3n) is 5.02. The Kier molecular flexibility index (Phi) is 1.98. The van der Waals surface area contributed by atoms with E-state index in [-0.39, 0.29) is 5.41 Å². The number of hydrogen-bond donors (Lipinski definition) is 1. The maximum absolute atomic E-state index is 11.3. The molecule has 2 aliphatic rings. The van der Waals surface area contributed by atoms with Gasteiger partial charge in [0.15, 0.2) is 0 Å². The molecule has 0 saturated heterocycles. The average molecular weight is 268 g/mol. The van der Waals surface area contributed by atoms with E-state index in [1.54, 1.807) is 14.2 Å². The van der Waals surface area contributed by atoms with Crippen molar-refractivity contribution in [3.05, 3.63) is 58.7 Å². The first-order valence-electron chi connectivity index (χ1n) is 6.69. The van der Waals surface area contributed by atoms with Crippen LogP contribution in [-0.2, 0) is 11.0 Å². The van der Waals surface area contributed by atoms with E-state index in [0.717, 1.165) is 33.8 Å². The van der Waals surface area contributed by atoms with Crippen molar-refractivity contribution < 1.29 is 14.6 Å². The summed E-state index contributed by atoms with van der Waals surface area (Å²) in [6.45, 7) is 2.08. The van der Waals surface area contributed by atoms with E-state index in [1.165, 1.54) is 0 Å². The lowest BCUT2D eigenvalue weighted by Gasteiger charge is -2.64. The van der Waals surface area contributed by atoms with E-state index in [4.69, 9.17) is 9.47 Å². The number of rotatable bonds is 2. The number of fused-ring (bicyclic) bond motifs is 7. The second-order valence-corrected chi connectivity index (χ2v) is 5.60. The fourth-order valence-electron chi connectivity index (χ4n) is 4.02. The highest BCUT2D eigenvalue weighted by atomic mass is 16.5. The fourth-order valence-corrected chi connectivity index (χ4v) is 4.02. The van der Waals surface area contributed by atoms with Gasteiger partial charge in [-0.1, -0.05) is 24.3 Å². The predicted molar refractivity (Wildman–Crippen MR) is 75.4 cm³/mol. The summed E-state index contributed by atoms with van der Waals surface area (Å²) < 4.78 is 10.9. The van der Waals surface area contributed by atoms with Crippen LogP contribution in [-0.4, -0.2) is 19.3 Å². The monoisotopic (exact) mass is 268 g/mol. The Morgan fingerprint density at radius 3 is 1.70 bits per heavy atom. The molecular formula is C17H16O3. The third kappa shape index (κ3) is 0.907. The maximum atomic E-state index is 11.3. The van der Waals surface area contributed by atoms with Crippen LogP contribution in [0.4, 0.5) is 0 Å². The highest BCUT2D eigenvalue weighted by molar-refractivity contribution is 5.79. The van der Waals surface area contributed by atoms with Crippen molar-refractivity contribution in [3.63, 3.8) is 0 Å². The molecule has 0 bridgehead atoms. The van der Waals surface area contributed by atoms with Gasteiger partial charge in [0.1, 0.15) is 17.1 Å². The first kappa shape index (κ1) is 11.8. The Labute approximate surface area is 117 Å². The molecule has 2 aromatic carbocycles. The SMILES string of the molecule is COc1cccc2c1C1(O)c3c(OC)cccc3C21C. The number of aliphatic hydroxyl groups is 1. The minimum Gasteiger partial charge on any atom is -0.496 e. The molecule has 0 radical (unpaired) electrons. The molecule has 0 amide bonds. The van der Waals surface area contributed by atoms with Gasteiger partial charge in [0, 0.05) is 11.1 Å². The second kappa shape index (κ2) is 3.36. The van der Waals surface area contributed by atoms with E-state index in [2.05, 4.69) is 19.1 Å². The third-order valence-corrected chi connectivity index (χ3v) is 5.02. The molecule has 0 aromatic heterocycles. The van der Waals surface area contributed by atoms with Crippen LogP contribution in [0.25, 0.3) is 0 Å². The van der Waals surface area contributed by atoms with Gasteiger partial charge >= 0.3 is 0 Å². The maximum Gasteiger partial charge on any atom is 0.136 e. The van der Waals surface area contributed by atoms with E-state index >= 15 is 0 Å². The normalized spacial score (nSPS) is 28.4. The Balaban J connectivity index is 2.05. The van der Waals surface area contributed by atoms with Gasteiger partial charge in [0.25, 0.3) is 0 Å². The Hall–Kier alpha value is -2.00. The first-order chi connectivity index (χ1) is 9.60. The molecule has 1 N–H and O–H groups in total. The van der Waals surface area contributed by atoms with Crippen molar-refractivity contribution >= 4 is 0 Å². The first-order valence-corrected chi connectivity index (χ1v) is 6.69. The van der Waals surface area contributed by atoms with E-state index < -0.39 is 5.60 Å². The zero-order valence-corrected chi connectivity index (χ0v) is 11.7. The van der Waals surface area contributed by atoms with Crippen LogP contribution < -0.4 is 9.47 Å². The second-order valence-electron chi connectivity index (χ2n) is 5.60. The van der Waals surface area contributed by atoms with Crippen molar-refractivity contribution in [1.29, 1.82) is 0 Å². The lowest BCUT2D eigenvalue weighted by atomic mass is 9.40. The van der Waals surface area contributed by atoms with Crippen molar-refractivity contribution in [2.45, 2.75) is 17.9 Å². The summed E-state index contributed by atoms with van der Waals surface area (Å²) in [6, 6.07) is 11.9. The number of methoxy groups -OCH3 is 2. The molecule has 0 aliphatic heterocycles. The molecule has 0 fully saturated rings. The average Bonchev–Trinajstić information content (AvgIpc) is 2.51. The van der Waals surface area contributed by atoms with Gasteiger partial charge in [0.2, 0.25) is 0 Å². The fraction of sp³-hybridized carbons (Fsp3) is 0.294. The zero-order valence-electron chi connectivity index (χ0n) is 11.7. The van der Waals surface area contributed by atoms with E-state index in [0.29, 0.717) is 0 Å². The Morgan fingerprint density at radius 1 is 0.850 bits per heavy atom. The van der Waals surface area contributed by atoms with Gasteiger partial charge < -0.3 is 14.6 Å². The molecule has 0 atom stereocenters.